The van der Waals surface area contributed by atoms with Crippen molar-refractivity contribution in [1.29, 1.82) is 0 Å². The average molecular weight is 455 g/mol. The van der Waals surface area contributed by atoms with Crippen LogP contribution in [0.5, 0.6) is 0 Å². The van der Waals surface area contributed by atoms with E-state index in [0.717, 1.165) is 44.9 Å². The van der Waals surface area contributed by atoms with Crippen LogP contribution in [-0.2, 0) is 19.1 Å². The standard InChI is InChI=1S/C28H54O4/c1-5-23-31-27(29)22-20-18-16-14-12-10-9-11-13-15-17-19-21-25(7-3)26(8-4)28(30)32-24-6-2/h25-26H,5-24H2,1-4H3. The van der Waals surface area contributed by atoms with Crippen LogP contribution in [0.1, 0.15) is 143 Å². The van der Waals surface area contributed by atoms with Crippen LogP contribution in [0, 0.1) is 11.8 Å². The van der Waals surface area contributed by atoms with Gasteiger partial charge in [-0.25, -0.2) is 0 Å². The van der Waals surface area contributed by atoms with Crippen LogP contribution < -0.4 is 0 Å². The Bertz CT molecular complexity index is 435. The number of hydrogen-bond acceptors (Lipinski definition) is 4. The second-order valence-corrected chi connectivity index (χ2v) is 9.35. The van der Waals surface area contributed by atoms with Crippen LogP contribution in [0.2, 0.25) is 0 Å². The van der Waals surface area contributed by atoms with Crippen LogP contribution in [0.4, 0.5) is 0 Å². The number of hydrogen-bond donors (Lipinski definition) is 0. The highest BCUT2D eigenvalue weighted by molar-refractivity contribution is 5.72. The zero-order chi connectivity index (χ0) is 23.9. The van der Waals surface area contributed by atoms with Crippen LogP contribution in [0.25, 0.3) is 0 Å². The van der Waals surface area contributed by atoms with E-state index in [9.17, 15) is 9.59 Å². The Balaban J connectivity index is 3.55. The lowest BCUT2D eigenvalue weighted by Crippen LogP contribution is -2.25. The van der Waals surface area contributed by atoms with Crippen molar-refractivity contribution < 1.29 is 19.1 Å². The van der Waals surface area contributed by atoms with E-state index >= 15 is 0 Å². The molecule has 0 aliphatic heterocycles. The Morgan fingerprint density at radius 2 is 1.06 bits per heavy atom. The van der Waals surface area contributed by atoms with Crippen LogP contribution in [0.3, 0.4) is 0 Å². The largest absolute Gasteiger partial charge is 0.466 e. The van der Waals surface area contributed by atoms with Crippen LogP contribution in [-0.4, -0.2) is 25.2 Å². The van der Waals surface area contributed by atoms with E-state index in [1.807, 2.05) is 13.8 Å². The van der Waals surface area contributed by atoms with Crippen molar-refractivity contribution >= 4 is 11.9 Å². The molecule has 0 heterocycles. The van der Waals surface area contributed by atoms with Crippen molar-refractivity contribution in [1.82, 2.24) is 0 Å². The fourth-order valence-electron chi connectivity index (χ4n) is 4.42. The molecule has 0 aliphatic rings. The first kappa shape index (κ1) is 30.9. The van der Waals surface area contributed by atoms with E-state index in [0.29, 0.717) is 25.6 Å². The van der Waals surface area contributed by atoms with Crippen molar-refractivity contribution in [2.75, 3.05) is 13.2 Å². The summed E-state index contributed by atoms with van der Waals surface area (Å²) >= 11 is 0. The van der Waals surface area contributed by atoms with Crippen molar-refractivity contribution in [2.45, 2.75) is 143 Å². The summed E-state index contributed by atoms with van der Waals surface area (Å²) in [7, 11) is 0. The topological polar surface area (TPSA) is 52.6 Å². The molecule has 0 spiro atoms. The predicted molar refractivity (Wildman–Crippen MR) is 135 cm³/mol. The summed E-state index contributed by atoms with van der Waals surface area (Å²) in [6.45, 7) is 9.51. The summed E-state index contributed by atoms with van der Waals surface area (Å²) in [5.41, 5.74) is 0. The Morgan fingerprint density at radius 1 is 0.594 bits per heavy atom. The minimum Gasteiger partial charge on any atom is -0.466 e. The number of ether oxygens (including phenoxy) is 2. The summed E-state index contributed by atoms with van der Waals surface area (Å²) in [6, 6.07) is 0. The summed E-state index contributed by atoms with van der Waals surface area (Å²) in [6.07, 6.45) is 20.7. The minimum absolute atomic E-state index is 0.0238. The van der Waals surface area contributed by atoms with Crippen LogP contribution >= 0.6 is 0 Å². The Kier molecular flexibility index (Phi) is 22.3. The second-order valence-electron chi connectivity index (χ2n) is 9.35. The molecule has 0 aliphatic carbocycles. The summed E-state index contributed by atoms with van der Waals surface area (Å²) in [4.78, 5) is 23.7. The number of unbranched alkanes of at least 4 members (excludes halogenated alkanes) is 11. The first-order valence-electron chi connectivity index (χ1n) is 13.9. The molecule has 4 heteroatoms. The number of carbonyl (C=O) groups excluding carboxylic acids is 2. The SMILES string of the molecule is CCCOC(=O)CCCCCCCCCCCCCCC(CC)C(CC)C(=O)OCCC. The molecule has 0 saturated carbocycles. The van der Waals surface area contributed by atoms with Gasteiger partial charge in [0.05, 0.1) is 19.1 Å². The number of carbonyl (C=O) groups is 2. The first-order valence-corrected chi connectivity index (χ1v) is 13.9. The predicted octanol–water partition coefficient (Wildman–Crippen LogP) is 8.41. The van der Waals surface area contributed by atoms with E-state index in [1.165, 1.54) is 64.2 Å². The molecule has 0 amide bonds. The lowest BCUT2D eigenvalue weighted by Gasteiger charge is -2.23. The molecular weight excluding hydrogens is 400 g/mol. The molecule has 0 N–H and O–H groups in total. The van der Waals surface area contributed by atoms with Crippen molar-refractivity contribution in [2.24, 2.45) is 11.8 Å². The van der Waals surface area contributed by atoms with Gasteiger partial charge >= 0.3 is 11.9 Å². The van der Waals surface area contributed by atoms with Gasteiger partial charge in [0.1, 0.15) is 0 Å². The third-order valence-corrected chi connectivity index (χ3v) is 6.46. The van der Waals surface area contributed by atoms with Crippen LogP contribution in [0.15, 0.2) is 0 Å². The molecule has 2 atom stereocenters. The summed E-state index contributed by atoms with van der Waals surface area (Å²) < 4.78 is 10.5. The highest BCUT2D eigenvalue weighted by Gasteiger charge is 2.26. The Hall–Kier alpha value is -1.06. The van der Waals surface area contributed by atoms with Crippen molar-refractivity contribution in [3.8, 4) is 0 Å². The smallest absolute Gasteiger partial charge is 0.309 e. The molecule has 4 nitrogen and oxygen atoms in total. The van der Waals surface area contributed by atoms with E-state index in [1.54, 1.807) is 0 Å². The first-order chi connectivity index (χ1) is 15.6. The molecule has 0 bridgehead atoms. The monoisotopic (exact) mass is 454 g/mol. The van der Waals surface area contributed by atoms with Gasteiger partial charge in [0, 0.05) is 6.42 Å². The van der Waals surface area contributed by atoms with Crippen molar-refractivity contribution in [3.05, 3.63) is 0 Å². The lowest BCUT2D eigenvalue weighted by molar-refractivity contribution is -0.151. The number of esters is 2. The molecule has 0 rings (SSSR count). The summed E-state index contributed by atoms with van der Waals surface area (Å²) in [5.74, 6) is 0.556. The maximum Gasteiger partial charge on any atom is 0.309 e. The van der Waals surface area contributed by atoms with E-state index in [2.05, 4.69) is 13.8 Å². The molecular formula is C28H54O4. The van der Waals surface area contributed by atoms with Crippen molar-refractivity contribution in [3.63, 3.8) is 0 Å². The van der Waals surface area contributed by atoms with Gasteiger partial charge in [0.2, 0.25) is 0 Å². The van der Waals surface area contributed by atoms with E-state index in [-0.39, 0.29) is 17.9 Å². The van der Waals surface area contributed by atoms with Gasteiger partial charge in [-0.1, -0.05) is 105 Å². The molecule has 0 saturated heterocycles. The quantitative estimate of drug-likeness (QED) is 0.115. The molecule has 0 aromatic carbocycles. The van der Waals surface area contributed by atoms with Gasteiger partial charge in [-0.2, -0.15) is 0 Å². The molecule has 0 aromatic rings. The fourth-order valence-corrected chi connectivity index (χ4v) is 4.42. The maximum atomic E-state index is 12.3. The highest BCUT2D eigenvalue weighted by atomic mass is 16.5. The maximum absolute atomic E-state index is 12.3. The van der Waals surface area contributed by atoms with Gasteiger partial charge in [-0.05, 0) is 38.0 Å². The normalized spacial score (nSPS) is 13.0. The fraction of sp³-hybridized carbons (Fsp3) is 0.929. The molecule has 0 aromatic heterocycles. The Morgan fingerprint density at radius 3 is 1.53 bits per heavy atom. The van der Waals surface area contributed by atoms with E-state index < -0.39 is 0 Å². The van der Waals surface area contributed by atoms with Gasteiger partial charge in [0.15, 0.2) is 0 Å². The van der Waals surface area contributed by atoms with Gasteiger partial charge in [-0.3, -0.25) is 9.59 Å². The second kappa shape index (κ2) is 23.1. The highest BCUT2D eigenvalue weighted by Crippen LogP contribution is 2.27. The third-order valence-electron chi connectivity index (χ3n) is 6.46. The van der Waals surface area contributed by atoms with Gasteiger partial charge in [0.25, 0.3) is 0 Å². The minimum atomic E-state index is -0.0308. The van der Waals surface area contributed by atoms with E-state index in [4.69, 9.17) is 9.47 Å². The molecule has 2 unspecified atom stereocenters. The molecule has 0 fully saturated rings. The lowest BCUT2D eigenvalue weighted by atomic mass is 9.84. The average Bonchev–Trinajstić information content (AvgIpc) is 2.80. The Labute approximate surface area is 199 Å². The van der Waals surface area contributed by atoms with Gasteiger partial charge in [-0.15, -0.1) is 0 Å². The number of rotatable bonds is 23. The molecule has 0 radical (unpaired) electrons. The summed E-state index contributed by atoms with van der Waals surface area (Å²) in [5, 5.41) is 0. The molecule has 32 heavy (non-hydrogen) atoms. The zero-order valence-corrected chi connectivity index (χ0v) is 21.9. The third kappa shape index (κ3) is 17.5. The van der Waals surface area contributed by atoms with Gasteiger partial charge < -0.3 is 9.47 Å². The molecule has 190 valence electrons. The zero-order valence-electron chi connectivity index (χ0n) is 21.9.